The maximum atomic E-state index is 11.0. The van der Waals surface area contributed by atoms with Gasteiger partial charge < -0.3 is 16.2 Å². The SMILES string of the molecule is COc1cccc(C2CC(N)CN(CC(N)=O)C2)c1. The summed E-state index contributed by atoms with van der Waals surface area (Å²) in [6, 6.07) is 8.09. The van der Waals surface area contributed by atoms with Crippen molar-refractivity contribution in [1.82, 2.24) is 4.90 Å². The molecule has 1 aromatic rings. The van der Waals surface area contributed by atoms with Gasteiger partial charge in [-0.05, 0) is 30.0 Å². The number of ether oxygens (including phenoxy) is 1. The highest BCUT2D eigenvalue weighted by Crippen LogP contribution is 2.28. The number of amides is 1. The zero-order chi connectivity index (χ0) is 13.8. The van der Waals surface area contributed by atoms with Crippen molar-refractivity contribution >= 4 is 5.91 Å². The maximum Gasteiger partial charge on any atom is 0.231 e. The van der Waals surface area contributed by atoms with Crippen molar-refractivity contribution in [2.45, 2.75) is 18.4 Å². The Balaban J connectivity index is 2.11. The number of rotatable bonds is 4. The minimum absolute atomic E-state index is 0.0734. The fraction of sp³-hybridized carbons (Fsp3) is 0.500. The predicted octanol–water partition coefficient (Wildman–Crippen LogP) is 0.297. The highest BCUT2D eigenvalue weighted by atomic mass is 16.5. The van der Waals surface area contributed by atoms with Crippen molar-refractivity contribution < 1.29 is 9.53 Å². The molecule has 19 heavy (non-hydrogen) atoms. The molecule has 1 amide bonds. The lowest BCUT2D eigenvalue weighted by atomic mass is 9.88. The predicted molar refractivity (Wildman–Crippen MR) is 74.0 cm³/mol. The van der Waals surface area contributed by atoms with E-state index in [1.807, 2.05) is 23.1 Å². The second-order valence-electron chi connectivity index (χ2n) is 5.13. The van der Waals surface area contributed by atoms with Crippen LogP contribution in [0, 0.1) is 0 Å². The van der Waals surface area contributed by atoms with Crippen molar-refractivity contribution in [2.24, 2.45) is 11.5 Å². The fourth-order valence-corrected chi connectivity index (χ4v) is 2.72. The van der Waals surface area contributed by atoms with Crippen molar-refractivity contribution in [2.75, 3.05) is 26.7 Å². The van der Waals surface area contributed by atoms with Gasteiger partial charge in [-0.3, -0.25) is 9.69 Å². The molecule has 1 fully saturated rings. The van der Waals surface area contributed by atoms with E-state index in [9.17, 15) is 4.79 Å². The van der Waals surface area contributed by atoms with Crippen LogP contribution in [-0.4, -0.2) is 43.6 Å². The molecule has 0 spiro atoms. The number of piperidine rings is 1. The summed E-state index contributed by atoms with van der Waals surface area (Å²) in [5, 5.41) is 0. The number of carbonyl (C=O) groups is 1. The molecule has 2 unspecified atom stereocenters. The van der Waals surface area contributed by atoms with Gasteiger partial charge in [0, 0.05) is 19.1 Å². The van der Waals surface area contributed by atoms with Crippen LogP contribution in [0.1, 0.15) is 17.9 Å². The highest BCUT2D eigenvalue weighted by Gasteiger charge is 2.27. The van der Waals surface area contributed by atoms with E-state index in [4.69, 9.17) is 16.2 Å². The van der Waals surface area contributed by atoms with Gasteiger partial charge in [-0.15, -0.1) is 0 Å². The minimum Gasteiger partial charge on any atom is -0.497 e. The van der Waals surface area contributed by atoms with E-state index in [1.165, 1.54) is 5.56 Å². The Morgan fingerprint density at radius 1 is 1.47 bits per heavy atom. The molecule has 1 aliphatic rings. The Morgan fingerprint density at radius 3 is 2.95 bits per heavy atom. The van der Waals surface area contributed by atoms with Crippen LogP contribution in [0.25, 0.3) is 0 Å². The third-order valence-electron chi connectivity index (χ3n) is 3.50. The third kappa shape index (κ3) is 3.68. The van der Waals surface area contributed by atoms with E-state index in [-0.39, 0.29) is 18.5 Å². The van der Waals surface area contributed by atoms with Crippen molar-refractivity contribution in [1.29, 1.82) is 0 Å². The Bertz CT molecular complexity index is 450. The van der Waals surface area contributed by atoms with Crippen LogP contribution in [0.4, 0.5) is 0 Å². The van der Waals surface area contributed by atoms with Gasteiger partial charge in [-0.25, -0.2) is 0 Å². The lowest BCUT2D eigenvalue weighted by Gasteiger charge is -2.35. The van der Waals surface area contributed by atoms with Crippen LogP contribution in [0.5, 0.6) is 5.75 Å². The van der Waals surface area contributed by atoms with Crippen LogP contribution < -0.4 is 16.2 Å². The molecule has 1 aromatic carbocycles. The zero-order valence-corrected chi connectivity index (χ0v) is 11.2. The number of hydrogen-bond donors (Lipinski definition) is 2. The lowest BCUT2D eigenvalue weighted by molar-refractivity contribution is -0.119. The molecule has 4 N–H and O–H groups in total. The van der Waals surface area contributed by atoms with Gasteiger partial charge in [0.2, 0.25) is 5.91 Å². The number of benzene rings is 1. The van der Waals surface area contributed by atoms with E-state index < -0.39 is 0 Å². The minimum atomic E-state index is -0.307. The molecule has 0 radical (unpaired) electrons. The average molecular weight is 263 g/mol. The Morgan fingerprint density at radius 2 is 2.26 bits per heavy atom. The monoisotopic (exact) mass is 263 g/mol. The molecule has 1 saturated heterocycles. The van der Waals surface area contributed by atoms with Gasteiger partial charge in [-0.1, -0.05) is 12.1 Å². The zero-order valence-electron chi connectivity index (χ0n) is 11.2. The molecule has 2 rings (SSSR count). The molecule has 104 valence electrons. The van der Waals surface area contributed by atoms with Gasteiger partial charge in [-0.2, -0.15) is 0 Å². The van der Waals surface area contributed by atoms with Gasteiger partial charge in [0.15, 0.2) is 0 Å². The molecule has 2 atom stereocenters. The first-order valence-electron chi connectivity index (χ1n) is 6.48. The third-order valence-corrected chi connectivity index (χ3v) is 3.50. The first kappa shape index (κ1) is 13.8. The van der Waals surface area contributed by atoms with Gasteiger partial charge >= 0.3 is 0 Å². The van der Waals surface area contributed by atoms with E-state index >= 15 is 0 Å². The molecular weight excluding hydrogens is 242 g/mol. The summed E-state index contributed by atoms with van der Waals surface area (Å²) in [4.78, 5) is 13.1. The average Bonchev–Trinajstić information content (AvgIpc) is 2.37. The van der Waals surface area contributed by atoms with E-state index in [1.54, 1.807) is 7.11 Å². The summed E-state index contributed by atoms with van der Waals surface area (Å²) in [5.74, 6) is 0.856. The van der Waals surface area contributed by atoms with Crippen LogP contribution in [0.15, 0.2) is 24.3 Å². The quantitative estimate of drug-likeness (QED) is 0.818. The normalized spacial score (nSPS) is 24.1. The number of nitrogens with two attached hydrogens (primary N) is 2. The van der Waals surface area contributed by atoms with E-state index in [0.717, 1.165) is 25.3 Å². The summed E-state index contributed by atoms with van der Waals surface area (Å²) in [6.45, 7) is 1.81. The molecule has 1 aliphatic heterocycles. The molecule has 0 saturated carbocycles. The Kier molecular flexibility index (Phi) is 4.39. The lowest BCUT2D eigenvalue weighted by Crippen LogP contribution is -2.48. The maximum absolute atomic E-state index is 11.0. The molecular formula is C14H21N3O2. The molecule has 5 nitrogen and oxygen atoms in total. The summed E-state index contributed by atoms with van der Waals surface area (Å²) < 4.78 is 5.24. The van der Waals surface area contributed by atoms with Crippen LogP contribution >= 0.6 is 0 Å². The fourth-order valence-electron chi connectivity index (χ4n) is 2.72. The highest BCUT2D eigenvalue weighted by molar-refractivity contribution is 5.75. The van der Waals surface area contributed by atoms with Crippen molar-refractivity contribution in [3.05, 3.63) is 29.8 Å². The summed E-state index contributed by atoms with van der Waals surface area (Å²) >= 11 is 0. The molecule has 1 heterocycles. The number of nitrogens with zero attached hydrogens (tertiary/aromatic N) is 1. The van der Waals surface area contributed by atoms with Crippen molar-refractivity contribution in [3.63, 3.8) is 0 Å². The van der Waals surface area contributed by atoms with E-state index in [0.29, 0.717) is 5.92 Å². The molecule has 0 aromatic heterocycles. The van der Waals surface area contributed by atoms with E-state index in [2.05, 4.69) is 6.07 Å². The topological polar surface area (TPSA) is 81.6 Å². The van der Waals surface area contributed by atoms with Crippen LogP contribution in [-0.2, 0) is 4.79 Å². The molecule has 0 aliphatic carbocycles. The summed E-state index contributed by atoms with van der Waals surface area (Å²) in [7, 11) is 1.66. The second kappa shape index (κ2) is 6.04. The number of likely N-dealkylation sites (tertiary alicyclic amines) is 1. The standard InChI is InChI=1S/C14H21N3O2/c1-19-13-4-2-3-10(6-13)11-5-12(15)8-17(7-11)9-14(16)18/h2-4,6,11-12H,5,7-9,15H2,1H3,(H2,16,18). The Hall–Kier alpha value is -1.59. The van der Waals surface area contributed by atoms with Gasteiger partial charge in [0.05, 0.1) is 13.7 Å². The smallest absolute Gasteiger partial charge is 0.231 e. The number of methoxy groups -OCH3 is 1. The van der Waals surface area contributed by atoms with Crippen molar-refractivity contribution in [3.8, 4) is 5.75 Å². The number of primary amides is 1. The molecule has 5 heteroatoms. The first-order chi connectivity index (χ1) is 9.08. The summed E-state index contributed by atoms with van der Waals surface area (Å²) in [6.07, 6.45) is 0.919. The first-order valence-corrected chi connectivity index (χ1v) is 6.48. The molecule has 0 bridgehead atoms. The number of hydrogen-bond acceptors (Lipinski definition) is 4. The largest absolute Gasteiger partial charge is 0.497 e. The van der Waals surface area contributed by atoms with Crippen LogP contribution in [0.2, 0.25) is 0 Å². The number of carbonyl (C=O) groups excluding carboxylic acids is 1. The Labute approximate surface area is 113 Å². The van der Waals surface area contributed by atoms with Gasteiger partial charge in [0.25, 0.3) is 0 Å². The second-order valence-corrected chi connectivity index (χ2v) is 5.13. The van der Waals surface area contributed by atoms with Gasteiger partial charge in [0.1, 0.15) is 5.75 Å². The summed E-state index contributed by atoms with van der Waals surface area (Å²) in [5.41, 5.74) is 12.5. The van der Waals surface area contributed by atoms with Crippen LogP contribution in [0.3, 0.4) is 0 Å².